The Morgan fingerprint density at radius 3 is 2.48 bits per heavy atom. The molecule has 0 radical (unpaired) electrons. The van der Waals surface area contributed by atoms with Crippen molar-refractivity contribution in [3.8, 4) is 0 Å². The number of fused-ring (bicyclic) bond motifs is 1. The second-order valence-electron chi connectivity index (χ2n) is 8.32. The molecular formula is C20H26N6O. The van der Waals surface area contributed by atoms with E-state index in [0.717, 1.165) is 44.2 Å². The SMILES string of the molecule is Cc1cc(=O)n(CCN2CC3CN(c4cc(C5CC5)ncn4)CC3C2)cn1. The van der Waals surface area contributed by atoms with Gasteiger partial charge in [0, 0.05) is 68.7 Å². The van der Waals surface area contributed by atoms with Gasteiger partial charge in [-0.2, -0.15) is 0 Å². The molecule has 3 aliphatic rings. The predicted molar refractivity (Wildman–Crippen MR) is 103 cm³/mol. The Hall–Kier alpha value is -2.28. The number of anilines is 1. The fraction of sp³-hybridized carbons (Fsp3) is 0.600. The fourth-order valence-corrected chi connectivity index (χ4v) is 4.53. The van der Waals surface area contributed by atoms with Crippen LogP contribution in [-0.2, 0) is 6.54 Å². The molecule has 7 nitrogen and oxygen atoms in total. The topological polar surface area (TPSA) is 67.2 Å². The lowest BCUT2D eigenvalue weighted by Crippen LogP contribution is -2.33. The number of hydrogen-bond acceptors (Lipinski definition) is 6. The van der Waals surface area contributed by atoms with Crippen LogP contribution in [0.15, 0.2) is 29.6 Å². The van der Waals surface area contributed by atoms with Gasteiger partial charge in [0.2, 0.25) is 0 Å². The summed E-state index contributed by atoms with van der Waals surface area (Å²) in [6.07, 6.45) is 5.95. The molecule has 0 bridgehead atoms. The minimum atomic E-state index is 0.0447. The molecule has 4 heterocycles. The minimum absolute atomic E-state index is 0.0447. The van der Waals surface area contributed by atoms with Gasteiger partial charge in [-0.3, -0.25) is 9.36 Å². The lowest BCUT2D eigenvalue weighted by Gasteiger charge is -2.22. The molecule has 0 aromatic carbocycles. The van der Waals surface area contributed by atoms with E-state index in [1.54, 1.807) is 23.3 Å². The van der Waals surface area contributed by atoms with Crippen LogP contribution in [0, 0.1) is 18.8 Å². The number of hydrogen-bond donors (Lipinski definition) is 0. The first-order valence-corrected chi connectivity index (χ1v) is 9.98. The zero-order chi connectivity index (χ0) is 18.4. The summed E-state index contributed by atoms with van der Waals surface area (Å²) in [4.78, 5) is 30.1. The number of aryl methyl sites for hydroxylation is 1. The van der Waals surface area contributed by atoms with Gasteiger partial charge in [-0.25, -0.2) is 15.0 Å². The maximum Gasteiger partial charge on any atom is 0.253 e. The van der Waals surface area contributed by atoms with Gasteiger partial charge in [0.05, 0.1) is 6.33 Å². The molecule has 0 N–H and O–H groups in total. The highest BCUT2D eigenvalue weighted by molar-refractivity contribution is 5.42. The third kappa shape index (κ3) is 3.48. The van der Waals surface area contributed by atoms with E-state index in [1.807, 2.05) is 6.92 Å². The summed E-state index contributed by atoms with van der Waals surface area (Å²) in [6, 6.07) is 3.81. The van der Waals surface area contributed by atoms with Crippen molar-refractivity contribution in [1.29, 1.82) is 0 Å². The van der Waals surface area contributed by atoms with Gasteiger partial charge in [0.15, 0.2) is 0 Å². The van der Waals surface area contributed by atoms with Crippen LogP contribution in [0.2, 0.25) is 0 Å². The van der Waals surface area contributed by atoms with Crippen molar-refractivity contribution in [3.05, 3.63) is 46.5 Å². The highest BCUT2D eigenvalue weighted by Crippen LogP contribution is 2.40. The molecule has 1 aliphatic carbocycles. The summed E-state index contributed by atoms with van der Waals surface area (Å²) in [5.74, 6) is 3.16. The van der Waals surface area contributed by atoms with E-state index in [1.165, 1.54) is 18.5 Å². The monoisotopic (exact) mass is 366 g/mol. The van der Waals surface area contributed by atoms with Crippen LogP contribution in [0.1, 0.15) is 30.1 Å². The van der Waals surface area contributed by atoms with Gasteiger partial charge in [0.25, 0.3) is 5.56 Å². The lowest BCUT2D eigenvalue weighted by molar-refractivity contribution is 0.300. The van der Waals surface area contributed by atoms with Crippen molar-refractivity contribution < 1.29 is 0 Å². The first kappa shape index (κ1) is 16.9. The van der Waals surface area contributed by atoms with E-state index in [0.29, 0.717) is 24.3 Å². The number of likely N-dealkylation sites (tertiary alicyclic amines) is 1. The normalized spacial score (nSPS) is 25.1. The molecule has 27 heavy (non-hydrogen) atoms. The summed E-state index contributed by atoms with van der Waals surface area (Å²) < 4.78 is 1.72. The zero-order valence-electron chi connectivity index (χ0n) is 15.8. The van der Waals surface area contributed by atoms with Crippen molar-refractivity contribution in [3.63, 3.8) is 0 Å². The maximum absolute atomic E-state index is 12.0. The Morgan fingerprint density at radius 1 is 1.00 bits per heavy atom. The van der Waals surface area contributed by atoms with Gasteiger partial charge < -0.3 is 9.80 Å². The molecule has 2 atom stereocenters. The fourth-order valence-electron chi connectivity index (χ4n) is 4.53. The largest absolute Gasteiger partial charge is 0.356 e. The van der Waals surface area contributed by atoms with E-state index in [2.05, 4.69) is 30.8 Å². The average molecular weight is 366 g/mol. The summed E-state index contributed by atoms with van der Waals surface area (Å²) in [7, 11) is 0. The van der Waals surface area contributed by atoms with Gasteiger partial charge in [0.1, 0.15) is 12.1 Å². The van der Waals surface area contributed by atoms with Crippen LogP contribution < -0.4 is 10.5 Å². The lowest BCUT2D eigenvalue weighted by atomic mass is 10.0. The number of rotatable bonds is 5. The van der Waals surface area contributed by atoms with Crippen molar-refractivity contribution in [2.24, 2.45) is 11.8 Å². The predicted octanol–water partition coefficient (Wildman–Crippen LogP) is 1.29. The van der Waals surface area contributed by atoms with Crippen LogP contribution in [-0.4, -0.2) is 57.1 Å². The van der Waals surface area contributed by atoms with Crippen molar-refractivity contribution in [1.82, 2.24) is 24.4 Å². The van der Waals surface area contributed by atoms with Crippen LogP contribution >= 0.6 is 0 Å². The molecule has 2 aromatic rings. The molecule has 1 saturated carbocycles. The van der Waals surface area contributed by atoms with E-state index in [9.17, 15) is 4.79 Å². The molecule has 0 amide bonds. The van der Waals surface area contributed by atoms with Crippen LogP contribution in [0.3, 0.4) is 0 Å². The van der Waals surface area contributed by atoms with Crippen molar-refractivity contribution >= 4 is 5.82 Å². The molecule has 2 aliphatic heterocycles. The molecule has 2 aromatic heterocycles. The summed E-state index contributed by atoms with van der Waals surface area (Å²) in [6.45, 7) is 7.85. The molecular weight excluding hydrogens is 340 g/mol. The van der Waals surface area contributed by atoms with Crippen molar-refractivity contribution in [2.75, 3.05) is 37.6 Å². The average Bonchev–Trinajstić information content (AvgIpc) is 3.33. The molecule has 142 valence electrons. The Morgan fingerprint density at radius 2 is 1.78 bits per heavy atom. The standard InChI is InChI=1S/C20H26N6O/c1-14-6-20(27)25(13-23-14)5-4-24-8-16-10-26(11-17(16)9-24)19-7-18(15-2-3-15)21-12-22-19/h6-7,12-13,15-17H,2-5,8-11H2,1H3. The molecule has 5 rings (SSSR count). The molecule has 3 fully saturated rings. The maximum atomic E-state index is 12.0. The highest BCUT2D eigenvalue weighted by atomic mass is 16.1. The number of aromatic nitrogens is 4. The summed E-state index contributed by atoms with van der Waals surface area (Å²) in [5.41, 5.74) is 2.04. The molecule has 7 heteroatoms. The third-order valence-corrected chi connectivity index (χ3v) is 6.23. The highest BCUT2D eigenvalue weighted by Gasteiger charge is 2.40. The van der Waals surface area contributed by atoms with Crippen LogP contribution in [0.5, 0.6) is 0 Å². The van der Waals surface area contributed by atoms with E-state index in [-0.39, 0.29) is 5.56 Å². The smallest absolute Gasteiger partial charge is 0.253 e. The minimum Gasteiger partial charge on any atom is -0.356 e. The first-order valence-electron chi connectivity index (χ1n) is 9.98. The number of nitrogens with zero attached hydrogens (tertiary/aromatic N) is 6. The van der Waals surface area contributed by atoms with Gasteiger partial charge in [-0.15, -0.1) is 0 Å². The quantitative estimate of drug-likeness (QED) is 0.794. The Bertz CT molecular complexity index is 878. The Balaban J connectivity index is 1.17. The van der Waals surface area contributed by atoms with Gasteiger partial charge in [-0.05, 0) is 31.6 Å². The second-order valence-corrected chi connectivity index (χ2v) is 8.32. The summed E-state index contributed by atoms with van der Waals surface area (Å²) >= 11 is 0. The van der Waals surface area contributed by atoms with Crippen molar-refractivity contribution in [2.45, 2.75) is 32.2 Å². The Kier molecular flexibility index (Phi) is 4.19. The molecule has 2 saturated heterocycles. The van der Waals surface area contributed by atoms with E-state index >= 15 is 0 Å². The first-order chi connectivity index (χ1) is 13.2. The second kappa shape index (κ2) is 6.71. The third-order valence-electron chi connectivity index (χ3n) is 6.23. The van der Waals surface area contributed by atoms with E-state index < -0.39 is 0 Å². The summed E-state index contributed by atoms with van der Waals surface area (Å²) in [5, 5.41) is 0. The zero-order valence-corrected chi connectivity index (χ0v) is 15.8. The van der Waals surface area contributed by atoms with Crippen LogP contribution in [0.25, 0.3) is 0 Å². The van der Waals surface area contributed by atoms with Gasteiger partial charge >= 0.3 is 0 Å². The van der Waals surface area contributed by atoms with E-state index in [4.69, 9.17) is 0 Å². The van der Waals surface area contributed by atoms with Crippen LogP contribution in [0.4, 0.5) is 5.82 Å². The van der Waals surface area contributed by atoms with Gasteiger partial charge in [-0.1, -0.05) is 0 Å². The Labute approximate surface area is 159 Å². The molecule has 0 spiro atoms. The molecule has 2 unspecified atom stereocenters.